The average molecular weight is 229 g/mol. The molecule has 0 aromatic carbocycles. The molecule has 0 aliphatic carbocycles. The van der Waals surface area contributed by atoms with Crippen LogP contribution in [0, 0.1) is 0 Å². The Balaban J connectivity index is 0. The largest absolute Gasteiger partial charge is 0.452 e. The summed E-state index contributed by atoms with van der Waals surface area (Å²) in [6.45, 7) is 4.36. The van der Waals surface area contributed by atoms with E-state index >= 15 is 0 Å². The fourth-order valence-corrected chi connectivity index (χ4v) is 0. The molecular formula is C6H10Cl2F4. The number of hydrogen-bond donors (Lipinski definition) is 0. The Bertz CT molecular complexity index is 91.1. The first-order valence-electron chi connectivity index (χ1n) is 3.30. The van der Waals surface area contributed by atoms with Gasteiger partial charge in [-0.3, -0.25) is 0 Å². The van der Waals surface area contributed by atoms with Gasteiger partial charge < -0.3 is 0 Å². The van der Waals surface area contributed by atoms with E-state index in [9.17, 15) is 17.6 Å². The van der Waals surface area contributed by atoms with Gasteiger partial charge in [0.05, 0.1) is 0 Å². The van der Waals surface area contributed by atoms with Crippen molar-refractivity contribution >= 4 is 23.2 Å². The van der Waals surface area contributed by atoms with Crippen LogP contribution >= 0.6 is 23.2 Å². The first kappa shape index (κ1) is 14.8. The van der Waals surface area contributed by atoms with Crippen molar-refractivity contribution in [2.24, 2.45) is 0 Å². The molecule has 0 aliphatic heterocycles. The van der Waals surface area contributed by atoms with E-state index in [4.69, 9.17) is 0 Å². The summed E-state index contributed by atoms with van der Waals surface area (Å²) in [6.07, 6.45) is -2.56. The van der Waals surface area contributed by atoms with E-state index in [1.54, 1.807) is 0 Å². The molecular weight excluding hydrogens is 219 g/mol. The fraction of sp³-hybridized carbons (Fsp3) is 1.00. The van der Waals surface area contributed by atoms with Gasteiger partial charge in [-0.05, 0) is 0 Å². The minimum atomic E-state index is -5.20. The lowest BCUT2D eigenvalue weighted by Crippen LogP contribution is -2.28. The lowest BCUT2D eigenvalue weighted by atomic mass is 10.4. The Hall–Kier alpha value is 0.300. The highest BCUT2D eigenvalue weighted by Gasteiger charge is 2.53. The molecule has 0 saturated heterocycles. The Morgan fingerprint density at radius 3 is 1.08 bits per heavy atom. The molecule has 0 heterocycles. The van der Waals surface area contributed by atoms with Gasteiger partial charge in [0.25, 0.3) is 0 Å². The van der Waals surface area contributed by atoms with Crippen LogP contribution < -0.4 is 0 Å². The minimum absolute atomic E-state index is 1.32. The van der Waals surface area contributed by atoms with E-state index in [1.165, 1.54) is 12.8 Å². The maximum absolute atomic E-state index is 11.3. The van der Waals surface area contributed by atoms with Crippen LogP contribution in [0.25, 0.3) is 0 Å². The summed E-state index contributed by atoms with van der Waals surface area (Å²) in [5.41, 5.74) is 0. The number of halogens is 6. The van der Waals surface area contributed by atoms with Gasteiger partial charge in [-0.25, -0.2) is 0 Å². The zero-order valence-electron chi connectivity index (χ0n) is 6.68. The molecule has 0 rings (SSSR count). The topological polar surface area (TPSA) is 0 Å². The third kappa shape index (κ3) is 8.40. The maximum Gasteiger partial charge on any atom is 0.452 e. The zero-order valence-corrected chi connectivity index (χ0v) is 8.19. The predicted molar refractivity (Wildman–Crippen MR) is 42.2 cm³/mol. The van der Waals surface area contributed by atoms with Crippen LogP contribution in [-0.2, 0) is 0 Å². The van der Waals surface area contributed by atoms with E-state index in [0.29, 0.717) is 0 Å². The molecule has 0 aromatic heterocycles. The molecule has 0 spiro atoms. The van der Waals surface area contributed by atoms with Crippen LogP contribution in [0.1, 0.15) is 26.7 Å². The summed E-state index contributed by atoms with van der Waals surface area (Å²) in [6, 6.07) is 0. The highest BCUT2D eigenvalue weighted by Crippen LogP contribution is 2.40. The van der Waals surface area contributed by atoms with Crippen molar-refractivity contribution in [3.8, 4) is 0 Å². The van der Waals surface area contributed by atoms with Crippen molar-refractivity contribution in [3.05, 3.63) is 0 Å². The maximum atomic E-state index is 11.3. The molecule has 0 N–H and O–H groups in total. The first-order valence-corrected chi connectivity index (χ1v) is 4.05. The van der Waals surface area contributed by atoms with Crippen molar-refractivity contribution in [2.75, 3.05) is 0 Å². The van der Waals surface area contributed by atoms with Gasteiger partial charge in [0.2, 0.25) is 0 Å². The Morgan fingerprint density at radius 2 is 1.08 bits per heavy atom. The lowest BCUT2D eigenvalue weighted by molar-refractivity contribution is -0.170. The lowest BCUT2D eigenvalue weighted by Gasteiger charge is -2.11. The molecule has 12 heavy (non-hydrogen) atoms. The quantitative estimate of drug-likeness (QED) is 0.460. The van der Waals surface area contributed by atoms with Crippen LogP contribution in [0.15, 0.2) is 0 Å². The van der Waals surface area contributed by atoms with Crippen molar-refractivity contribution in [3.63, 3.8) is 0 Å². The first-order chi connectivity index (χ1) is 5.16. The summed E-state index contributed by atoms with van der Waals surface area (Å²) in [5.74, 6) is 0. The molecule has 0 unspecified atom stereocenters. The van der Waals surface area contributed by atoms with Crippen LogP contribution in [-0.4, -0.2) is 10.8 Å². The zero-order chi connectivity index (χ0) is 10.4. The van der Waals surface area contributed by atoms with Gasteiger partial charge in [-0.15, -0.1) is 0 Å². The second-order valence-corrected chi connectivity index (χ2v) is 3.23. The number of alkyl halides is 6. The smallest absolute Gasteiger partial charge is 0.198 e. The summed E-state index contributed by atoms with van der Waals surface area (Å²) < 4.78 is 40.0. The summed E-state index contributed by atoms with van der Waals surface area (Å²) in [5, 5.41) is 0. The summed E-state index contributed by atoms with van der Waals surface area (Å²) >= 11 is 7.97. The third-order valence-corrected chi connectivity index (χ3v) is 1.25. The Labute approximate surface area is 78.8 Å². The number of unbranched alkanes of at least 4 members (excludes halogenated alkanes) is 1. The molecule has 0 radical (unpaired) electrons. The highest BCUT2D eigenvalue weighted by atomic mass is 35.5. The van der Waals surface area contributed by atoms with Crippen molar-refractivity contribution in [2.45, 2.75) is 37.5 Å². The van der Waals surface area contributed by atoms with Crippen molar-refractivity contribution in [1.82, 2.24) is 0 Å². The molecule has 0 aromatic rings. The Kier molecular flexibility index (Phi) is 7.23. The van der Waals surface area contributed by atoms with E-state index in [2.05, 4.69) is 37.0 Å². The molecule has 0 fully saturated rings. The summed E-state index contributed by atoms with van der Waals surface area (Å²) in [4.78, 5) is 0. The average Bonchev–Trinajstić information content (AvgIpc) is 1.84. The van der Waals surface area contributed by atoms with Gasteiger partial charge in [0.1, 0.15) is 0 Å². The van der Waals surface area contributed by atoms with E-state index in [-0.39, 0.29) is 0 Å². The molecule has 0 nitrogen and oxygen atoms in total. The van der Waals surface area contributed by atoms with Crippen molar-refractivity contribution in [1.29, 1.82) is 0 Å². The predicted octanol–water partition coefficient (Wildman–Crippen LogP) is 4.46. The molecule has 0 atom stereocenters. The van der Waals surface area contributed by atoms with Gasteiger partial charge in [-0.2, -0.15) is 17.6 Å². The molecule has 0 aliphatic rings. The van der Waals surface area contributed by atoms with Gasteiger partial charge in [0.15, 0.2) is 0 Å². The van der Waals surface area contributed by atoms with Crippen LogP contribution in [0.2, 0.25) is 0 Å². The van der Waals surface area contributed by atoms with Crippen molar-refractivity contribution < 1.29 is 17.6 Å². The van der Waals surface area contributed by atoms with Crippen LogP contribution in [0.3, 0.4) is 0 Å². The van der Waals surface area contributed by atoms with Crippen LogP contribution in [0.5, 0.6) is 0 Å². The standard InChI is InChI=1S/C4H10.C2Cl2F4/c1-3-4-2;3-1(4,5)2(6,7)8/h3-4H2,1-2H3;. The summed E-state index contributed by atoms with van der Waals surface area (Å²) in [7, 11) is 0. The third-order valence-electron chi connectivity index (χ3n) is 0.821. The van der Waals surface area contributed by atoms with Gasteiger partial charge >= 0.3 is 10.8 Å². The van der Waals surface area contributed by atoms with E-state index < -0.39 is 10.8 Å². The van der Waals surface area contributed by atoms with E-state index in [0.717, 1.165) is 0 Å². The molecule has 0 bridgehead atoms. The Morgan fingerprint density at radius 1 is 0.917 bits per heavy atom. The number of hydrogen-bond acceptors (Lipinski definition) is 0. The second kappa shape index (κ2) is 5.86. The molecule has 0 amide bonds. The van der Waals surface area contributed by atoms with Gasteiger partial charge in [-0.1, -0.05) is 49.9 Å². The molecule has 6 heteroatoms. The number of rotatable bonds is 1. The second-order valence-electron chi connectivity index (χ2n) is 2.00. The highest BCUT2D eigenvalue weighted by molar-refractivity contribution is 6.47. The molecule has 0 saturated carbocycles. The van der Waals surface area contributed by atoms with Gasteiger partial charge in [0, 0.05) is 0 Å². The fourth-order valence-electron chi connectivity index (χ4n) is 0. The van der Waals surface area contributed by atoms with Crippen LogP contribution in [0.4, 0.5) is 17.6 Å². The van der Waals surface area contributed by atoms with E-state index in [1.807, 2.05) is 0 Å². The SMILES string of the molecule is CCCC.FC(F)(F)C(F)(Cl)Cl. The monoisotopic (exact) mass is 228 g/mol. The molecule has 76 valence electrons. The minimum Gasteiger partial charge on any atom is -0.198 e. The normalized spacial score (nSPS) is 12.0.